The molecule has 2 unspecified atom stereocenters. The highest BCUT2D eigenvalue weighted by atomic mass is 16.6. The van der Waals surface area contributed by atoms with Crippen LogP contribution in [0.5, 0.6) is 0 Å². The molecule has 0 aromatic rings. The molecule has 4 heterocycles. The monoisotopic (exact) mass is 210 g/mol. The van der Waals surface area contributed by atoms with Crippen LogP contribution >= 0.6 is 0 Å². The Hall–Kier alpha value is -0.610. The number of piperidine rings is 3. The molecule has 4 nitrogen and oxygen atoms in total. The molecule has 0 radical (unpaired) electrons. The molecule has 4 heteroatoms. The number of carbonyl (C=O) groups excluding carboxylic acids is 1. The summed E-state index contributed by atoms with van der Waals surface area (Å²) >= 11 is 0. The van der Waals surface area contributed by atoms with Crippen molar-refractivity contribution in [2.45, 2.75) is 25.4 Å². The van der Waals surface area contributed by atoms with Crippen molar-refractivity contribution in [3.05, 3.63) is 0 Å². The highest BCUT2D eigenvalue weighted by molar-refractivity contribution is 5.73. The van der Waals surface area contributed by atoms with Gasteiger partial charge in [-0.2, -0.15) is 0 Å². The number of cyclic esters (lactones) is 1. The lowest BCUT2D eigenvalue weighted by Crippen LogP contribution is -2.59. The summed E-state index contributed by atoms with van der Waals surface area (Å²) in [5.74, 6) is 0.613. The minimum atomic E-state index is -0.0424. The maximum atomic E-state index is 11.5. The second-order valence-electron chi connectivity index (χ2n) is 5.17. The Morgan fingerprint density at radius 2 is 2.20 bits per heavy atom. The summed E-state index contributed by atoms with van der Waals surface area (Å²) in [6, 6.07) is 0. The van der Waals surface area contributed by atoms with Crippen molar-refractivity contribution in [3.8, 4) is 0 Å². The van der Waals surface area contributed by atoms with Gasteiger partial charge >= 0.3 is 5.97 Å². The molecule has 0 aromatic carbocycles. The second-order valence-corrected chi connectivity index (χ2v) is 5.17. The van der Waals surface area contributed by atoms with Crippen molar-refractivity contribution in [1.29, 1.82) is 0 Å². The van der Waals surface area contributed by atoms with Crippen LogP contribution in [-0.4, -0.2) is 43.2 Å². The average Bonchev–Trinajstić information content (AvgIpc) is 2.56. The molecule has 4 aliphatic heterocycles. The zero-order valence-electron chi connectivity index (χ0n) is 8.95. The quantitative estimate of drug-likeness (QED) is 0.618. The van der Waals surface area contributed by atoms with Gasteiger partial charge in [-0.3, -0.25) is 4.79 Å². The molecule has 0 saturated carbocycles. The van der Waals surface area contributed by atoms with Gasteiger partial charge in [-0.15, -0.1) is 0 Å². The standard InChI is InChI=1S/C11H18N2O2/c12-6-9-11(5-10(14)15-9)7-13-3-1-8(11)2-4-13/h8-9H,1-7,12H2. The number of fused-ring (bicyclic) bond motifs is 2. The molecule has 4 rings (SSSR count). The van der Waals surface area contributed by atoms with Gasteiger partial charge < -0.3 is 15.4 Å². The summed E-state index contributed by atoms with van der Waals surface area (Å²) in [4.78, 5) is 13.9. The largest absolute Gasteiger partial charge is 0.460 e. The summed E-state index contributed by atoms with van der Waals surface area (Å²) < 4.78 is 5.37. The van der Waals surface area contributed by atoms with E-state index in [0.717, 1.165) is 6.54 Å². The van der Waals surface area contributed by atoms with E-state index in [1.807, 2.05) is 0 Å². The summed E-state index contributed by atoms with van der Waals surface area (Å²) in [5, 5.41) is 0. The van der Waals surface area contributed by atoms with Gasteiger partial charge in [0.1, 0.15) is 6.10 Å². The van der Waals surface area contributed by atoms with Crippen molar-refractivity contribution >= 4 is 5.97 Å². The van der Waals surface area contributed by atoms with Crippen LogP contribution in [0.25, 0.3) is 0 Å². The summed E-state index contributed by atoms with van der Waals surface area (Å²) in [6.45, 7) is 3.89. The van der Waals surface area contributed by atoms with Gasteiger partial charge in [-0.05, 0) is 31.8 Å². The van der Waals surface area contributed by atoms with E-state index in [2.05, 4.69) is 4.90 Å². The number of rotatable bonds is 1. The predicted molar refractivity (Wildman–Crippen MR) is 55.1 cm³/mol. The third-order valence-electron chi connectivity index (χ3n) is 4.52. The predicted octanol–water partition coefficient (Wildman–Crippen LogP) is -0.0274. The summed E-state index contributed by atoms with van der Waals surface area (Å²) in [6.07, 6.45) is 2.99. The Morgan fingerprint density at radius 3 is 2.73 bits per heavy atom. The molecule has 0 aliphatic carbocycles. The zero-order valence-corrected chi connectivity index (χ0v) is 8.95. The molecule has 4 aliphatic rings. The molecule has 4 fully saturated rings. The zero-order chi connectivity index (χ0) is 10.5. The van der Waals surface area contributed by atoms with E-state index < -0.39 is 0 Å². The molecule has 2 N–H and O–H groups in total. The number of hydrogen-bond donors (Lipinski definition) is 1. The molecule has 2 atom stereocenters. The van der Waals surface area contributed by atoms with Crippen LogP contribution in [0.2, 0.25) is 0 Å². The van der Waals surface area contributed by atoms with E-state index >= 15 is 0 Å². The minimum absolute atomic E-state index is 0.0295. The van der Waals surface area contributed by atoms with Crippen molar-refractivity contribution in [2.24, 2.45) is 17.1 Å². The Morgan fingerprint density at radius 1 is 1.47 bits per heavy atom. The third kappa shape index (κ3) is 1.24. The Balaban J connectivity index is 1.91. The van der Waals surface area contributed by atoms with Gasteiger partial charge in [0.25, 0.3) is 0 Å². The maximum absolute atomic E-state index is 11.5. The van der Waals surface area contributed by atoms with Gasteiger partial charge in [0.05, 0.1) is 6.42 Å². The number of hydrogen-bond acceptors (Lipinski definition) is 4. The molecule has 15 heavy (non-hydrogen) atoms. The van der Waals surface area contributed by atoms with Gasteiger partial charge in [-0.1, -0.05) is 0 Å². The molecular formula is C11H18N2O2. The fourth-order valence-corrected chi connectivity index (χ4v) is 3.76. The Labute approximate surface area is 89.7 Å². The lowest BCUT2D eigenvalue weighted by atomic mass is 9.63. The van der Waals surface area contributed by atoms with Crippen LogP contribution in [0.15, 0.2) is 0 Å². The van der Waals surface area contributed by atoms with Gasteiger partial charge in [0.15, 0.2) is 0 Å². The topological polar surface area (TPSA) is 55.6 Å². The second kappa shape index (κ2) is 3.19. The first kappa shape index (κ1) is 9.60. The van der Waals surface area contributed by atoms with Crippen LogP contribution in [0.4, 0.5) is 0 Å². The minimum Gasteiger partial charge on any atom is -0.460 e. The lowest BCUT2D eigenvalue weighted by Gasteiger charge is -2.52. The van der Waals surface area contributed by atoms with E-state index in [1.54, 1.807) is 0 Å². The fourth-order valence-electron chi connectivity index (χ4n) is 3.76. The van der Waals surface area contributed by atoms with Crippen molar-refractivity contribution in [2.75, 3.05) is 26.2 Å². The van der Waals surface area contributed by atoms with Crippen molar-refractivity contribution in [1.82, 2.24) is 4.90 Å². The van der Waals surface area contributed by atoms with E-state index in [1.165, 1.54) is 25.9 Å². The highest BCUT2D eigenvalue weighted by Gasteiger charge is 2.57. The number of nitrogens with zero attached hydrogens (tertiary/aromatic N) is 1. The fraction of sp³-hybridized carbons (Fsp3) is 0.909. The van der Waals surface area contributed by atoms with Crippen LogP contribution in [-0.2, 0) is 9.53 Å². The summed E-state index contributed by atoms with van der Waals surface area (Å²) in [5.41, 5.74) is 5.80. The molecule has 84 valence electrons. The van der Waals surface area contributed by atoms with Gasteiger partial charge in [0, 0.05) is 18.5 Å². The van der Waals surface area contributed by atoms with Crippen LogP contribution in [0.3, 0.4) is 0 Å². The third-order valence-corrected chi connectivity index (χ3v) is 4.52. The Kier molecular flexibility index (Phi) is 2.04. The van der Waals surface area contributed by atoms with E-state index in [9.17, 15) is 4.79 Å². The molecule has 0 aromatic heterocycles. The maximum Gasteiger partial charge on any atom is 0.306 e. The molecule has 0 amide bonds. The molecule has 4 saturated heterocycles. The highest BCUT2D eigenvalue weighted by Crippen LogP contribution is 2.50. The van der Waals surface area contributed by atoms with Gasteiger partial charge in [0.2, 0.25) is 0 Å². The van der Waals surface area contributed by atoms with Crippen LogP contribution in [0, 0.1) is 11.3 Å². The smallest absolute Gasteiger partial charge is 0.306 e. The van der Waals surface area contributed by atoms with E-state index in [-0.39, 0.29) is 17.5 Å². The molecule has 2 bridgehead atoms. The first-order valence-corrected chi connectivity index (χ1v) is 5.86. The van der Waals surface area contributed by atoms with Crippen molar-refractivity contribution < 1.29 is 9.53 Å². The number of ether oxygens (including phenoxy) is 1. The van der Waals surface area contributed by atoms with Gasteiger partial charge in [-0.25, -0.2) is 0 Å². The Bertz CT molecular complexity index is 286. The number of carbonyl (C=O) groups is 1. The number of nitrogens with two attached hydrogens (primary N) is 1. The normalized spacial score (nSPS) is 48.6. The SMILES string of the molecule is NCC1OC(=O)CC12CN1CCC2CC1. The number of esters is 1. The van der Waals surface area contributed by atoms with Crippen LogP contribution < -0.4 is 5.73 Å². The lowest BCUT2D eigenvalue weighted by molar-refractivity contribution is -0.142. The van der Waals surface area contributed by atoms with E-state index in [0.29, 0.717) is 18.9 Å². The average molecular weight is 210 g/mol. The summed E-state index contributed by atoms with van der Waals surface area (Å²) in [7, 11) is 0. The van der Waals surface area contributed by atoms with E-state index in [4.69, 9.17) is 10.5 Å². The molecular weight excluding hydrogens is 192 g/mol. The molecule has 1 spiro atoms. The first-order chi connectivity index (χ1) is 7.24. The van der Waals surface area contributed by atoms with Crippen LogP contribution in [0.1, 0.15) is 19.3 Å². The van der Waals surface area contributed by atoms with Crippen molar-refractivity contribution in [3.63, 3.8) is 0 Å². The first-order valence-electron chi connectivity index (χ1n) is 5.86.